The van der Waals surface area contributed by atoms with Crippen LogP contribution in [0.15, 0.2) is 32.9 Å². The van der Waals surface area contributed by atoms with E-state index in [0.29, 0.717) is 6.42 Å². The van der Waals surface area contributed by atoms with Crippen LogP contribution >= 0.6 is 27.3 Å². The molecule has 0 amide bonds. The minimum Gasteiger partial charge on any atom is -0.276 e. The van der Waals surface area contributed by atoms with Crippen molar-refractivity contribution in [2.45, 2.75) is 17.6 Å². The van der Waals surface area contributed by atoms with Crippen molar-refractivity contribution in [3.63, 3.8) is 0 Å². The van der Waals surface area contributed by atoms with Gasteiger partial charge in [0.2, 0.25) is 0 Å². The predicted molar refractivity (Wildman–Crippen MR) is 78.6 cm³/mol. The number of benzene rings is 1. The van der Waals surface area contributed by atoms with E-state index in [1.165, 1.54) is 6.07 Å². The minimum atomic E-state index is -3.91. The fourth-order valence-corrected chi connectivity index (χ4v) is 4.16. The smallest absolute Gasteiger partial charge is 0.271 e. The van der Waals surface area contributed by atoms with E-state index in [1.54, 1.807) is 6.07 Å². The molecule has 2 aromatic rings. The van der Waals surface area contributed by atoms with Crippen molar-refractivity contribution in [1.82, 2.24) is 0 Å². The van der Waals surface area contributed by atoms with E-state index in [2.05, 4.69) is 20.7 Å². The van der Waals surface area contributed by atoms with E-state index in [1.807, 2.05) is 6.92 Å². The summed E-state index contributed by atoms with van der Waals surface area (Å²) in [7, 11) is -3.91. The largest absolute Gasteiger partial charge is 0.276 e. The Bertz CT molecular complexity index is 744. The summed E-state index contributed by atoms with van der Waals surface area (Å²) in [6.07, 6.45) is 0.710. The van der Waals surface area contributed by atoms with Crippen molar-refractivity contribution >= 4 is 43.0 Å². The summed E-state index contributed by atoms with van der Waals surface area (Å²) in [6.45, 7) is 1.90. The fourth-order valence-electron chi connectivity index (χ4n) is 1.49. The zero-order chi connectivity index (χ0) is 14.9. The van der Waals surface area contributed by atoms with Gasteiger partial charge in [-0.05, 0) is 40.5 Å². The number of nitrogens with one attached hydrogen (secondary N) is 1. The van der Waals surface area contributed by atoms with Crippen LogP contribution in [-0.2, 0) is 16.4 Å². The summed E-state index contributed by atoms with van der Waals surface area (Å²) in [4.78, 5) is 0.896. The highest BCUT2D eigenvalue weighted by Gasteiger charge is 2.19. The van der Waals surface area contributed by atoms with Gasteiger partial charge in [0.1, 0.15) is 15.8 Å². The van der Waals surface area contributed by atoms with Gasteiger partial charge < -0.3 is 0 Å². The van der Waals surface area contributed by atoms with Crippen molar-refractivity contribution in [1.29, 1.82) is 0 Å². The third-order valence-electron chi connectivity index (χ3n) is 2.50. The Kier molecular flexibility index (Phi) is 4.46. The third kappa shape index (κ3) is 3.18. The number of hydrogen-bond donors (Lipinski definition) is 1. The number of sulfonamides is 1. The maximum absolute atomic E-state index is 13.6. The van der Waals surface area contributed by atoms with Crippen molar-refractivity contribution in [2.24, 2.45) is 0 Å². The molecule has 1 aromatic carbocycles. The summed E-state index contributed by atoms with van der Waals surface area (Å²) in [5, 5.41) is 0. The van der Waals surface area contributed by atoms with E-state index in [4.69, 9.17) is 0 Å². The van der Waals surface area contributed by atoms with E-state index in [0.717, 1.165) is 28.3 Å². The summed E-state index contributed by atoms with van der Waals surface area (Å²) >= 11 is 3.92. The summed E-state index contributed by atoms with van der Waals surface area (Å²) < 4.78 is 53.2. The molecule has 1 N–H and O–H groups in total. The van der Waals surface area contributed by atoms with Gasteiger partial charge in [-0.15, -0.1) is 11.3 Å². The Morgan fingerprint density at radius 3 is 2.55 bits per heavy atom. The topological polar surface area (TPSA) is 46.2 Å². The SMILES string of the molecule is CCc1ccc(S(=O)(=O)Nc2cc(F)c(Br)cc2F)s1. The molecule has 3 nitrogen and oxygen atoms in total. The molecular weight excluding hydrogens is 372 g/mol. The van der Waals surface area contributed by atoms with E-state index in [9.17, 15) is 17.2 Å². The van der Waals surface area contributed by atoms with Crippen LogP contribution in [0.3, 0.4) is 0 Å². The zero-order valence-corrected chi connectivity index (χ0v) is 13.5. The molecule has 0 saturated heterocycles. The first-order valence-electron chi connectivity index (χ1n) is 5.59. The third-order valence-corrected chi connectivity index (χ3v) is 6.20. The van der Waals surface area contributed by atoms with Gasteiger partial charge in [-0.1, -0.05) is 6.92 Å². The molecule has 0 aliphatic carbocycles. The van der Waals surface area contributed by atoms with Crippen molar-refractivity contribution in [2.75, 3.05) is 4.72 Å². The Balaban J connectivity index is 2.35. The van der Waals surface area contributed by atoms with Crippen LogP contribution in [0.5, 0.6) is 0 Å². The van der Waals surface area contributed by atoms with Crippen molar-refractivity contribution in [3.05, 3.63) is 45.2 Å². The summed E-state index contributed by atoms with van der Waals surface area (Å²) in [5.41, 5.74) is -0.419. The maximum atomic E-state index is 13.6. The highest BCUT2D eigenvalue weighted by molar-refractivity contribution is 9.10. The monoisotopic (exact) mass is 381 g/mol. The van der Waals surface area contributed by atoms with Gasteiger partial charge in [0.05, 0.1) is 10.2 Å². The van der Waals surface area contributed by atoms with Gasteiger partial charge in [-0.25, -0.2) is 17.2 Å². The average Bonchev–Trinajstić information content (AvgIpc) is 2.85. The predicted octanol–water partition coefficient (Wildman–Crippen LogP) is 4.15. The lowest BCUT2D eigenvalue weighted by atomic mass is 10.3. The maximum Gasteiger partial charge on any atom is 0.271 e. The lowest BCUT2D eigenvalue weighted by molar-refractivity contribution is 0.592. The molecule has 0 fully saturated rings. The van der Waals surface area contributed by atoms with Crippen LogP contribution in [0.1, 0.15) is 11.8 Å². The lowest BCUT2D eigenvalue weighted by Gasteiger charge is -2.08. The number of aryl methyl sites for hydroxylation is 1. The number of hydrogen-bond acceptors (Lipinski definition) is 3. The molecule has 108 valence electrons. The highest BCUT2D eigenvalue weighted by atomic mass is 79.9. The molecular formula is C12H10BrF2NO2S2. The normalized spacial score (nSPS) is 11.6. The minimum absolute atomic E-state index is 0.0667. The molecule has 0 spiro atoms. The number of anilines is 1. The Morgan fingerprint density at radius 2 is 1.95 bits per heavy atom. The van der Waals surface area contributed by atoms with Crippen LogP contribution < -0.4 is 4.72 Å². The molecule has 1 heterocycles. The first-order chi connectivity index (χ1) is 9.33. The quantitative estimate of drug-likeness (QED) is 0.808. The molecule has 0 atom stereocenters. The standard InChI is InChI=1S/C12H10BrF2NO2S2/c1-2-7-3-4-12(19-7)20(17,18)16-11-6-9(14)8(13)5-10(11)15/h3-6,16H,2H2,1H3. The second-order valence-corrected chi connectivity index (χ2v) is 7.86. The molecule has 1 aromatic heterocycles. The Labute approximate surface area is 127 Å². The molecule has 0 aliphatic rings. The molecule has 2 rings (SSSR count). The molecule has 0 radical (unpaired) electrons. The number of thiophene rings is 1. The van der Waals surface area contributed by atoms with Crippen molar-refractivity contribution < 1.29 is 17.2 Å². The van der Waals surface area contributed by atoms with Crippen LogP contribution in [0, 0.1) is 11.6 Å². The number of rotatable bonds is 4. The van der Waals surface area contributed by atoms with E-state index in [-0.39, 0.29) is 8.68 Å². The van der Waals surface area contributed by atoms with Crippen LogP contribution in [0.25, 0.3) is 0 Å². The molecule has 0 saturated carbocycles. The Hall–Kier alpha value is -0.990. The lowest BCUT2D eigenvalue weighted by Crippen LogP contribution is -2.13. The van der Waals surface area contributed by atoms with Crippen molar-refractivity contribution in [3.8, 4) is 0 Å². The first-order valence-corrected chi connectivity index (χ1v) is 8.69. The first kappa shape index (κ1) is 15.4. The van der Waals surface area contributed by atoms with Gasteiger partial charge in [-0.2, -0.15) is 0 Å². The van der Waals surface area contributed by atoms with Gasteiger partial charge in [-0.3, -0.25) is 4.72 Å². The molecule has 0 unspecified atom stereocenters. The van der Waals surface area contributed by atoms with Gasteiger partial charge in [0, 0.05) is 10.9 Å². The number of halogens is 3. The molecule has 0 bridgehead atoms. The van der Waals surface area contributed by atoms with E-state index < -0.39 is 27.3 Å². The van der Waals surface area contributed by atoms with Crippen LogP contribution in [-0.4, -0.2) is 8.42 Å². The average molecular weight is 382 g/mol. The Morgan fingerprint density at radius 1 is 1.25 bits per heavy atom. The summed E-state index contributed by atoms with van der Waals surface area (Å²) in [5.74, 6) is -1.60. The zero-order valence-electron chi connectivity index (χ0n) is 10.3. The highest BCUT2D eigenvalue weighted by Crippen LogP contribution is 2.28. The van der Waals surface area contributed by atoms with Crippen LogP contribution in [0.4, 0.5) is 14.5 Å². The van der Waals surface area contributed by atoms with Gasteiger partial charge in [0.25, 0.3) is 10.0 Å². The van der Waals surface area contributed by atoms with Gasteiger partial charge >= 0.3 is 0 Å². The second kappa shape index (κ2) is 5.79. The molecule has 20 heavy (non-hydrogen) atoms. The van der Waals surface area contributed by atoms with E-state index >= 15 is 0 Å². The molecule has 0 aliphatic heterocycles. The summed E-state index contributed by atoms with van der Waals surface area (Å²) in [6, 6.07) is 4.81. The second-order valence-electron chi connectivity index (χ2n) is 3.93. The fraction of sp³-hybridized carbons (Fsp3) is 0.167. The van der Waals surface area contributed by atoms with Gasteiger partial charge in [0.15, 0.2) is 0 Å². The molecule has 8 heteroatoms. The van der Waals surface area contributed by atoms with Crippen LogP contribution in [0.2, 0.25) is 0 Å².